The normalized spacial score (nSPS) is 11.5. The van der Waals surface area contributed by atoms with Gasteiger partial charge >= 0.3 is 0 Å². The molecule has 0 aliphatic carbocycles. The minimum Gasteiger partial charge on any atom is -0.493 e. The molecule has 0 heterocycles. The van der Waals surface area contributed by atoms with Crippen molar-refractivity contribution in [3.63, 3.8) is 0 Å². The molecular weight excluding hydrogens is 368 g/mol. The van der Waals surface area contributed by atoms with Gasteiger partial charge in [0.15, 0.2) is 11.5 Å². The van der Waals surface area contributed by atoms with Crippen LogP contribution in [0.3, 0.4) is 0 Å². The zero-order valence-corrected chi connectivity index (χ0v) is 17.8. The van der Waals surface area contributed by atoms with Gasteiger partial charge in [0.2, 0.25) is 11.8 Å². The van der Waals surface area contributed by atoms with Crippen LogP contribution in [0, 0.1) is 6.92 Å². The predicted octanol–water partition coefficient (Wildman–Crippen LogP) is 3.11. The summed E-state index contributed by atoms with van der Waals surface area (Å²) in [5.74, 6) is 1.03. The van der Waals surface area contributed by atoms with E-state index in [9.17, 15) is 9.59 Å². The number of rotatable bonds is 9. The Morgan fingerprint density at radius 1 is 1.00 bits per heavy atom. The zero-order chi connectivity index (χ0) is 21.4. The second-order valence-electron chi connectivity index (χ2n) is 6.99. The van der Waals surface area contributed by atoms with Gasteiger partial charge in [0.05, 0.1) is 14.2 Å². The first-order valence-corrected chi connectivity index (χ1v) is 9.67. The zero-order valence-electron chi connectivity index (χ0n) is 17.8. The van der Waals surface area contributed by atoms with Crippen LogP contribution in [0.4, 0.5) is 0 Å². The number of nitrogens with zero attached hydrogens (tertiary/aromatic N) is 1. The molecule has 6 nitrogen and oxygen atoms in total. The van der Waals surface area contributed by atoms with Crippen molar-refractivity contribution < 1.29 is 19.1 Å². The highest BCUT2D eigenvalue weighted by Gasteiger charge is 2.25. The monoisotopic (exact) mass is 398 g/mol. The van der Waals surface area contributed by atoms with Crippen LogP contribution in [-0.2, 0) is 22.6 Å². The first-order valence-electron chi connectivity index (χ1n) is 9.67. The van der Waals surface area contributed by atoms with Crippen molar-refractivity contribution in [1.29, 1.82) is 0 Å². The molecule has 2 aromatic rings. The molecule has 0 unspecified atom stereocenters. The van der Waals surface area contributed by atoms with E-state index in [1.807, 2.05) is 49.4 Å². The van der Waals surface area contributed by atoms with Gasteiger partial charge < -0.3 is 19.7 Å². The van der Waals surface area contributed by atoms with Crippen LogP contribution >= 0.6 is 0 Å². The summed E-state index contributed by atoms with van der Waals surface area (Å²) in [6.45, 7) is 4.16. The maximum atomic E-state index is 13.0. The van der Waals surface area contributed by atoms with Crippen LogP contribution in [0.2, 0.25) is 0 Å². The second kappa shape index (κ2) is 10.5. The van der Waals surface area contributed by atoms with Crippen LogP contribution in [0.1, 0.15) is 30.0 Å². The van der Waals surface area contributed by atoms with Gasteiger partial charge in [0.25, 0.3) is 0 Å². The molecule has 0 spiro atoms. The molecule has 0 saturated carbocycles. The van der Waals surface area contributed by atoms with Crippen LogP contribution in [0.5, 0.6) is 11.5 Å². The van der Waals surface area contributed by atoms with E-state index in [4.69, 9.17) is 9.47 Å². The molecule has 0 aromatic heterocycles. The Morgan fingerprint density at radius 2 is 1.62 bits per heavy atom. The third kappa shape index (κ3) is 5.98. The van der Waals surface area contributed by atoms with Crippen LogP contribution in [0.25, 0.3) is 0 Å². The summed E-state index contributed by atoms with van der Waals surface area (Å²) in [6.07, 6.45) is 0.840. The lowest BCUT2D eigenvalue weighted by molar-refractivity contribution is -0.140. The third-order valence-corrected chi connectivity index (χ3v) is 4.96. The Hall–Kier alpha value is -3.02. The number of amides is 2. The van der Waals surface area contributed by atoms with Gasteiger partial charge in [-0.1, -0.05) is 35.9 Å². The number of aryl methyl sites for hydroxylation is 2. The van der Waals surface area contributed by atoms with E-state index in [-0.39, 0.29) is 11.8 Å². The number of carbonyl (C=O) groups excluding carboxylic acids is 2. The fourth-order valence-corrected chi connectivity index (χ4v) is 3.11. The van der Waals surface area contributed by atoms with Gasteiger partial charge in [0, 0.05) is 20.0 Å². The number of carbonyl (C=O) groups is 2. The molecule has 1 N–H and O–H groups in total. The maximum absolute atomic E-state index is 13.0. The van der Waals surface area contributed by atoms with Gasteiger partial charge in [-0.05, 0) is 43.5 Å². The van der Waals surface area contributed by atoms with Crippen molar-refractivity contribution >= 4 is 11.8 Å². The van der Waals surface area contributed by atoms with Crippen LogP contribution in [-0.4, -0.2) is 44.0 Å². The summed E-state index contributed by atoms with van der Waals surface area (Å²) in [5, 5.41) is 2.63. The fourth-order valence-electron chi connectivity index (χ4n) is 3.11. The molecule has 0 aliphatic heterocycles. The number of methoxy groups -OCH3 is 2. The molecular formula is C23H30N2O4. The van der Waals surface area contributed by atoms with Crippen molar-refractivity contribution in [2.45, 2.75) is 39.3 Å². The van der Waals surface area contributed by atoms with Gasteiger partial charge in [0.1, 0.15) is 6.04 Å². The second-order valence-corrected chi connectivity index (χ2v) is 6.99. The Balaban J connectivity index is 2.14. The van der Waals surface area contributed by atoms with E-state index in [1.54, 1.807) is 33.1 Å². The van der Waals surface area contributed by atoms with Crippen molar-refractivity contribution in [2.75, 3.05) is 21.3 Å². The number of likely N-dealkylation sites (N-methyl/N-ethyl adjacent to an activating group) is 1. The summed E-state index contributed by atoms with van der Waals surface area (Å²) >= 11 is 0. The van der Waals surface area contributed by atoms with Crippen LogP contribution in [0.15, 0.2) is 42.5 Å². The highest BCUT2D eigenvalue weighted by atomic mass is 16.5. The quantitative estimate of drug-likeness (QED) is 0.705. The minimum absolute atomic E-state index is 0.0727. The van der Waals surface area contributed by atoms with E-state index in [0.717, 1.165) is 16.7 Å². The van der Waals surface area contributed by atoms with Gasteiger partial charge in [-0.25, -0.2) is 0 Å². The average Bonchev–Trinajstić information content (AvgIpc) is 2.75. The average molecular weight is 399 g/mol. The highest BCUT2D eigenvalue weighted by molar-refractivity contribution is 5.87. The van der Waals surface area contributed by atoms with E-state index >= 15 is 0 Å². The Bertz CT molecular complexity index is 833. The van der Waals surface area contributed by atoms with Crippen LogP contribution < -0.4 is 14.8 Å². The standard InChI is InChI=1S/C23H30N2O4/c1-16-6-8-19(9-7-16)15-25(17(2)23(27)24-3)22(26)13-11-18-10-12-20(28-4)21(14-18)29-5/h6-10,12,14,17H,11,13,15H2,1-5H3,(H,24,27)/t17-/m1/s1. The van der Waals surface area contributed by atoms with Crippen molar-refractivity contribution in [1.82, 2.24) is 10.2 Å². The molecule has 29 heavy (non-hydrogen) atoms. The molecule has 2 amide bonds. The molecule has 2 aromatic carbocycles. The Labute approximate surface area is 172 Å². The molecule has 0 bridgehead atoms. The predicted molar refractivity (Wildman–Crippen MR) is 113 cm³/mol. The third-order valence-electron chi connectivity index (χ3n) is 4.96. The molecule has 0 saturated heterocycles. The van der Waals surface area contributed by atoms with Gasteiger partial charge in [-0.15, -0.1) is 0 Å². The van der Waals surface area contributed by atoms with Crippen molar-refractivity contribution in [3.8, 4) is 11.5 Å². The summed E-state index contributed by atoms with van der Waals surface area (Å²) < 4.78 is 10.6. The molecule has 0 fully saturated rings. The fraction of sp³-hybridized carbons (Fsp3) is 0.391. The summed E-state index contributed by atoms with van der Waals surface area (Å²) in [6, 6.07) is 13.0. The van der Waals surface area contributed by atoms with Gasteiger partial charge in [-0.3, -0.25) is 9.59 Å². The lowest BCUT2D eigenvalue weighted by atomic mass is 10.1. The molecule has 1 atom stereocenters. The van der Waals surface area contributed by atoms with Crippen molar-refractivity contribution in [2.24, 2.45) is 0 Å². The Kier molecular flexibility index (Phi) is 8.07. The molecule has 6 heteroatoms. The Morgan fingerprint density at radius 3 is 2.21 bits per heavy atom. The van der Waals surface area contributed by atoms with E-state index in [1.165, 1.54) is 0 Å². The largest absolute Gasteiger partial charge is 0.493 e. The van der Waals surface area contributed by atoms with Gasteiger partial charge in [-0.2, -0.15) is 0 Å². The first kappa shape index (κ1) is 22.3. The summed E-state index contributed by atoms with van der Waals surface area (Å²) in [4.78, 5) is 26.8. The SMILES string of the molecule is CNC(=O)[C@@H](C)N(Cc1ccc(C)cc1)C(=O)CCc1ccc(OC)c(OC)c1. The summed E-state index contributed by atoms with van der Waals surface area (Å²) in [7, 11) is 4.75. The molecule has 0 aliphatic rings. The number of hydrogen-bond donors (Lipinski definition) is 1. The first-order chi connectivity index (χ1) is 13.9. The van der Waals surface area contributed by atoms with Crippen molar-refractivity contribution in [3.05, 3.63) is 59.2 Å². The lowest BCUT2D eigenvalue weighted by Gasteiger charge is -2.28. The maximum Gasteiger partial charge on any atom is 0.242 e. The highest BCUT2D eigenvalue weighted by Crippen LogP contribution is 2.28. The lowest BCUT2D eigenvalue weighted by Crippen LogP contribution is -2.46. The minimum atomic E-state index is -0.556. The number of nitrogens with one attached hydrogen (secondary N) is 1. The van der Waals surface area contributed by atoms with E-state index < -0.39 is 6.04 Å². The number of benzene rings is 2. The molecule has 156 valence electrons. The number of hydrogen-bond acceptors (Lipinski definition) is 4. The molecule has 2 rings (SSSR count). The smallest absolute Gasteiger partial charge is 0.242 e. The van der Waals surface area contributed by atoms with E-state index in [2.05, 4.69) is 5.32 Å². The topological polar surface area (TPSA) is 67.9 Å². The number of ether oxygens (including phenoxy) is 2. The summed E-state index contributed by atoms with van der Waals surface area (Å²) in [5.41, 5.74) is 3.11. The molecule has 0 radical (unpaired) electrons. The van der Waals surface area contributed by atoms with E-state index in [0.29, 0.717) is 30.9 Å².